The summed E-state index contributed by atoms with van der Waals surface area (Å²) in [6, 6.07) is 7.80. The maximum absolute atomic E-state index is 12.0. The smallest absolute Gasteiger partial charge is 0.309 e. The fourth-order valence-electron chi connectivity index (χ4n) is 2.65. The van der Waals surface area contributed by atoms with Crippen LogP contribution in [0.4, 0.5) is 5.69 Å². The Labute approximate surface area is 166 Å². The van der Waals surface area contributed by atoms with Crippen molar-refractivity contribution >= 4 is 17.6 Å². The molecule has 1 aromatic carbocycles. The van der Waals surface area contributed by atoms with Gasteiger partial charge in [-0.15, -0.1) is 0 Å². The largest absolute Gasteiger partial charge is 0.493 e. The standard InChI is InChI=1S/C21H29N3O4/c1-14-20(15(2)24(6)23-14)22-18(25)13-28-19(26)11-12-27-17-9-7-16(8-10-17)21(3,4)5/h7-10H,11-13H2,1-6H3,(H,22,25). The van der Waals surface area contributed by atoms with E-state index in [0.29, 0.717) is 17.1 Å². The normalized spacial score (nSPS) is 11.2. The summed E-state index contributed by atoms with van der Waals surface area (Å²) in [6.45, 7) is 9.94. The van der Waals surface area contributed by atoms with Crippen molar-refractivity contribution in [1.82, 2.24) is 9.78 Å². The maximum atomic E-state index is 12.0. The van der Waals surface area contributed by atoms with Gasteiger partial charge in [-0.25, -0.2) is 0 Å². The highest BCUT2D eigenvalue weighted by Gasteiger charge is 2.15. The zero-order chi connectivity index (χ0) is 20.9. The lowest BCUT2D eigenvalue weighted by molar-refractivity contribution is -0.147. The molecule has 28 heavy (non-hydrogen) atoms. The molecule has 0 spiro atoms. The van der Waals surface area contributed by atoms with Gasteiger partial charge in [-0.05, 0) is 37.0 Å². The molecule has 0 atom stereocenters. The molecule has 1 amide bonds. The molecule has 7 heteroatoms. The molecule has 0 radical (unpaired) electrons. The van der Waals surface area contributed by atoms with Crippen molar-refractivity contribution in [2.75, 3.05) is 18.5 Å². The van der Waals surface area contributed by atoms with Gasteiger partial charge in [0, 0.05) is 7.05 Å². The fourth-order valence-corrected chi connectivity index (χ4v) is 2.65. The summed E-state index contributed by atoms with van der Waals surface area (Å²) in [5.41, 5.74) is 3.49. The van der Waals surface area contributed by atoms with Crippen molar-refractivity contribution in [1.29, 1.82) is 0 Å². The lowest BCUT2D eigenvalue weighted by Crippen LogP contribution is -2.22. The van der Waals surface area contributed by atoms with Crippen LogP contribution in [0.3, 0.4) is 0 Å². The predicted octanol–water partition coefficient (Wildman–Crippen LogP) is 3.29. The third-order valence-corrected chi connectivity index (χ3v) is 4.43. The first-order valence-electron chi connectivity index (χ1n) is 9.27. The van der Waals surface area contributed by atoms with Crippen molar-refractivity contribution in [3.05, 3.63) is 41.2 Å². The fraction of sp³-hybridized carbons (Fsp3) is 0.476. The molecule has 0 saturated heterocycles. The highest BCUT2D eigenvalue weighted by molar-refractivity contribution is 5.93. The van der Waals surface area contributed by atoms with Crippen LogP contribution in [0.5, 0.6) is 5.75 Å². The minimum absolute atomic E-state index is 0.0687. The quantitative estimate of drug-likeness (QED) is 0.737. The van der Waals surface area contributed by atoms with E-state index >= 15 is 0 Å². The summed E-state index contributed by atoms with van der Waals surface area (Å²) < 4.78 is 12.3. The number of aryl methyl sites for hydroxylation is 2. The summed E-state index contributed by atoms with van der Waals surface area (Å²) in [6.07, 6.45) is 0.0687. The third-order valence-electron chi connectivity index (χ3n) is 4.43. The van der Waals surface area contributed by atoms with Gasteiger partial charge >= 0.3 is 5.97 Å². The number of hydrogen-bond acceptors (Lipinski definition) is 5. The van der Waals surface area contributed by atoms with Gasteiger partial charge in [0.25, 0.3) is 5.91 Å². The molecule has 0 aliphatic carbocycles. The van der Waals surface area contributed by atoms with Gasteiger partial charge in [0.1, 0.15) is 5.75 Å². The zero-order valence-corrected chi connectivity index (χ0v) is 17.5. The van der Waals surface area contributed by atoms with E-state index in [2.05, 4.69) is 31.2 Å². The van der Waals surface area contributed by atoms with E-state index in [0.717, 1.165) is 5.69 Å². The molecule has 1 heterocycles. The second kappa shape index (κ2) is 8.91. The molecule has 7 nitrogen and oxygen atoms in total. The number of anilines is 1. The van der Waals surface area contributed by atoms with Gasteiger partial charge in [-0.2, -0.15) is 5.10 Å². The minimum atomic E-state index is -0.485. The Bertz CT molecular complexity index is 833. The van der Waals surface area contributed by atoms with E-state index in [1.54, 1.807) is 18.7 Å². The topological polar surface area (TPSA) is 82.5 Å². The molecule has 1 aromatic heterocycles. The highest BCUT2D eigenvalue weighted by atomic mass is 16.5. The molecule has 152 valence electrons. The number of carbonyl (C=O) groups is 2. The summed E-state index contributed by atoms with van der Waals surface area (Å²) in [5.74, 6) is -0.187. The van der Waals surface area contributed by atoms with E-state index in [1.165, 1.54) is 5.56 Å². The molecule has 0 aliphatic heterocycles. The van der Waals surface area contributed by atoms with Crippen LogP contribution in [0.15, 0.2) is 24.3 Å². The summed E-state index contributed by atoms with van der Waals surface area (Å²) in [4.78, 5) is 23.8. The summed E-state index contributed by atoms with van der Waals surface area (Å²) in [5, 5.41) is 6.95. The molecule has 0 bridgehead atoms. The number of nitrogens with zero attached hydrogens (tertiary/aromatic N) is 2. The van der Waals surface area contributed by atoms with Crippen LogP contribution in [0, 0.1) is 13.8 Å². The SMILES string of the molecule is Cc1nn(C)c(C)c1NC(=O)COC(=O)CCOc1ccc(C(C)(C)C)cc1. The molecule has 0 unspecified atom stereocenters. The lowest BCUT2D eigenvalue weighted by atomic mass is 9.87. The molecule has 1 N–H and O–H groups in total. The van der Waals surface area contributed by atoms with Gasteiger partial charge in [-0.1, -0.05) is 32.9 Å². The van der Waals surface area contributed by atoms with E-state index in [1.807, 2.05) is 31.2 Å². The van der Waals surface area contributed by atoms with Gasteiger partial charge in [0.2, 0.25) is 0 Å². The maximum Gasteiger partial charge on any atom is 0.309 e. The third kappa shape index (κ3) is 5.84. The number of hydrogen-bond donors (Lipinski definition) is 1. The van der Waals surface area contributed by atoms with E-state index in [-0.39, 0.29) is 25.0 Å². The second-order valence-corrected chi connectivity index (χ2v) is 7.75. The first-order chi connectivity index (χ1) is 13.1. The average Bonchev–Trinajstić information content (AvgIpc) is 2.86. The minimum Gasteiger partial charge on any atom is -0.493 e. The number of ether oxygens (including phenoxy) is 2. The average molecular weight is 387 g/mol. The number of nitrogens with one attached hydrogen (secondary N) is 1. The van der Waals surface area contributed by atoms with E-state index < -0.39 is 11.9 Å². The summed E-state index contributed by atoms with van der Waals surface area (Å²) >= 11 is 0. The Morgan fingerprint density at radius 2 is 1.79 bits per heavy atom. The number of rotatable bonds is 7. The molecule has 0 saturated carbocycles. The Kier molecular flexibility index (Phi) is 6.83. The Morgan fingerprint density at radius 3 is 2.32 bits per heavy atom. The molecule has 0 fully saturated rings. The number of esters is 1. The van der Waals surface area contributed by atoms with E-state index in [9.17, 15) is 9.59 Å². The molecule has 0 aliphatic rings. The van der Waals surface area contributed by atoms with Crippen molar-refractivity contribution < 1.29 is 19.1 Å². The van der Waals surface area contributed by atoms with Crippen molar-refractivity contribution in [3.63, 3.8) is 0 Å². The number of aromatic nitrogens is 2. The van der Waals surface area contributed by atoms with E-state index in [4.69, 9.17) is 9.47 Å². The number of amides is 1. The molecular formula is C21H29N3O4. The van der Waals surface area contributed by atoms with Crippen molar-refractivity contribution in [2.24, 2.45) is 7.05 Å². The first kappa shape index (κ1) is 21.5. The first-order valence-corrected chi connectivity index (χ1v) is 9.27. The Balaban J connectivity index is 1.72. The lowest BCUT2D eigenvalue weighted by Gasteiger charge is -2.19. The molecule has 2 aromatic rings. The number of carbonyl (C=O) groups excluding carboxylic acids is 2. The van der Waals surface area contributed by atoms with Gasteiger partial charge < -0.3 is 14.8 Å². The van der Waals surface area contributed by atoms with Crippen molar-refractivity contribution in [3.8, 4) is 5.75 Å². The predicted molar refractivity (Wildman–Crippen MR) is 108 cm³/mol. The second-order valence-electron chi connectivity index (χ2n) is 7.75. The zero-order valence-electron chi connectivity index (χ0n) is 17.5. The highest BCUT2D eigenvalue weighted by Crippen LogP contribution is 2.24. The monoisotopic (exact) mass is 387 g/mol. The van der Waals surface area contributed by atoms with Gasteiger partial charge in [0.05, 0.1) is 30.1 Å². The molecule has 2 rings (SSSR count). The van der Waals surface area contributed by atoms with Crippen LogP contribution < -0.4 is 10.1 Å². The van der Waals surface area contributed by atoms with Crippen LogP contribution in [0.2, 0.25) is 0 Å². The van der Waals surface area contributed by atoms with Crippen LogP contribution >= 0.6 is 0 Å². The van der Waals surface area contributed by atoms with Crippen LogP contribution in [-0.4, -0.2) is 34.9 Å². The molecular weight excluding hydrogens is 358 g/mol. The van der Waals surface area contributed by atoms with Crippen LogP contribution in [-0.2, 0) is 26.8 Å². The van der Waals surface area contributed by atoms with Crippen LogP contribution in [0.1, 0.15) is 44.1 Å². The van der Waals surface area contributed by atoms with Gasteiger partial charge in [-0.3, -0.25) is 14.3 Å². The Hall–Kier alpha value is -2.83. The summed E-state index contributed by atoms with van der Waals surface area (Å²) in [7, 11) is 1.80. The van der Waals surface area contributed by atoms with Gasteiger partial charge in [0.15, 0.2) is 6.61 Å². The Morgan fingerprint density at radius 1 is 1.14 bits per heavy atom. The number of benzene rings is 1. The van der Waals surface area contributed by atoms with Crippen LogP contribution in [0.25, 0.3) is 0 Å². The van der Waals surface area contributed by atoms with Crippen molar-refractivity contribution in [2.45, 2.75) is 46.5 Å².